The first-order valence-corrected chi connectivity index (χ1v) is 6.24. The number of hydrogen-bond acceptors (Lipinski definition) is 4. The lowest BCUT2D eigenvalue weighted by atomic mass is 10.4. The Balaban J connectivity index is 1.90. The predicted molar refractivity (Wildman–Crippen MR) is 70.1 cm³/mol. The normalized spacial score (nSPS) is 10.4. The van der Waals surface area contributed by atoms with Crippen LogP contribution >= 0.6 is 11.8 Å². The third-order valence-electron chi connectivity index (χ3n) is 2.24. The first-order chi connectivity index (χ1) is 8.25. The molecule has 0 spiro atoms. The number of anilines is 1. The second-order valence-corrected chi connectivity index (χ2v) is 4.63. The van der Waals surface area contributed by atoms with Crippen molar-refractivity contribution in [2.75, 3.05) is 11.5 Å². The van der Waals surface area contributed by atoms with Crippen LogP contribution in [0.4, 0.5) is 5.69 Å². The third kappa shape index (κ3) is 3.35. The number of nitrogen functional groups attached to an aromatic ring is 1. The molecule has 2 rings (SSSR count). The number of nitrogens with two attached hydrogens (primary N) is 1. The molecule has 0 bridgehead atoms. The van der Waals surface area contributed by atoms with Crippen molar-refractivity contribution in [3.63, 3.8) is 0 Å². The van der Waals surface area contributed by atoms with Crippen LogP contribution in [-0.4, -0.2) is 15.3 Å². The Morgan fingerprint density at radius 1 is 1.29 bits per heavy atom. The number of rotatable bonds is 4. The second kappa shape index (κ2) is 5.54. The van der Waals surface area contributed by atoms with Crippen LogP contribution in [0.25, 0.3) is 0 Å². The summed E-state index contributed by atoms with van der Waals surface area (Å²) in [6, 6.07) is 8.87. The minimum atomic E-state index is 0.0263. The molecule has 2 aromatic heterocycles. The molecule has 0 aliphatic carbocycles. The number of aromatic nitrogens is 2. The van der Waals surface area contributed by atoms with Gasteiger partial charge >= 0.3 is 0 Å². The van der Waals surface area contributed by atoms with Gasteiger partial charge in [0, 0.05) is 24.6 Å². The van der Waals surface area contributed by atoms with E-state index < -0.39 is 0 Å². The molecule has 0 saturated heterocycles. The van der Waals surface area contributed by atoms with E-state index in [0.29, 0.717) is 12.2 Å². The molecule has 0 amide bonds. The molecule has 2 heterocycles. The SMILES string of the molecule is Nc1ccc(SCCn2ccccc2=O)nc1. The molecule has 2 aromatic rings. The van der Waals surface area contributed by atoms with Crippen molar-refractivity contribution in [1.82, 2.24) is 9.55 Å². The maximum Gasteiger partial charge on any atom is 0.250 e. The highest BCUT2D eigenvalue weighted by Gasteiger charge is 1.97. The Morgan fingerprint density at radius 3 is 2.88 bits per heavy atom. The highest BCUT2D eigenvalue weighted by molar-refractivity contribution is 7.99. The molecule has 17 heavy (non-hydrogen) atoms. The molecule has 0 atom stereocenters. The summed E-state index contributed by atoms with van der Waals surface area (Å²) in [6.07, 6.45) is 3.43. The van der Waals surface area contributed by atoms with Gasteiger partial charge in [-0.15, -0.1) is 11.8 Å². The summed E-state index contributed by atoms with van der Waals surface area (Å²) in [5.41, 5.74) is 6.24. The fraction of sp³-hybridized carbons (Fsp3) is 0.167. The summed E-state index contributed by atoms with van der Waals surface area (Å²) in [6.45, 7) is 0.677. The first-order valence-electron chi connectivity index (χ1n) is 5.25. The van der Waals surface area contributed by atoms with Gasteiger partial charge in [-0.1, -0.05) is 6.07 Å². The summed E-state index contributed by atoms with van der Waals surface area (Å²) in [5, 5.41) is 0.920. The number of thioether (sulfide) groups is 1. The van der Waals surface area contributed by atoms with Crippen LogP contribution in [0.3, 0.4) is 0 Å². The topological polar surface area (TPSA) is 60.9 Å². The quantitative estimate of drug-likeness (QED) is 0.834. The Hall–Kier alpha value is -1.75. The van der Waals surface area contributed by atoms with E-state index >= 15 is 0 Å². The molecule has 0 aliphatic rings. The molecular formula is C12H13N3OS. The van der Waals surface area contributed by atoms with Crippen LogP contribution in [0, 0.1) is 0 Å². The van der Waals surface area contributed by atoms with Gasteiger partial charge in [-0.3, -0.25) is 4.79 Å². The van der Waals surface area contributed by atoms with Gasteiger partial charge in [0.15, 0.2) is 0 Å². The Kier molecular flexibility index (Phi) is 3.82. The minimum Gasteiger partial charge on any atom is -0.397 e. The highest BCUT2D eigenvalue weighted by Crippen LogP contribution is 2.15. The van der Waals surface area contributed by atoms with E-state index in [9.17, 15) is 4.79 Å². The maximum absolute atomic E-state index is 11.4. The summed E-state index contributed by atoms with van der Waals surface area (Å²) in [4.78, 5) is 15.6. The Morgan fingerprint density at radius 2 is 2.18 bits per heavy atom. The second-order valence-electron chi connectivity index (χ2n) is 3.51. The predicted octanol–water partition coefficient (Wildman–Crippen LogP) is 1.62. The van der Waals surface area contributed by atoms with Crippen LogP contribution in [0.2, 0.25) is 0 Å². The van der Waals surface area contributed by atoms with Crippen molar-refractivity contribution in [1.29, 1.82) is 0 Å². The summed E-state index contributed by atoms with van der Waals surface area (Å²) in [7, 11) is 0. The van der Waals surface area contributed by atoms with E-state index in [2.05, 4.69) is 4.98 Å². The van der Waals surface area contributed by atoms with Gasteiger partial charge in [-0.05, 0) is 18.2 Å². The zero-order chi connectivity index (χ0) is 12.1. The van der Waals surface area contributed by atoms with Crippen molar-refractivity contribution < 1.29 is 0 Å². The average Bonchev–Trinajstić information content (AvgIpc) is 2.34. The van der Waals surface area contributed by atoms with E-state index in [4.69, 9.17) is 5.73 Å². The van der Waals surface area contributed by atoms with Gasteiger partial charge in [0.25, 0.3) is 5.56 Å². The Labute approximate surface area is 103 Å². The standard InChI is InChI=1S/C12H13N3OS/c13-10-4-5-11(14-9-10)17-8-7-15-6-2-1-3-12(15)16/h1-6,9H,7-8,13H2. The molecule has 4 nitrogen and oxygen atoms in total. The fourth-order valence-corrected chi connectivity index (χ4v) is 2.16. The number of pyridine rings is 2. The molecule has 0 saturated carbocycles. The van der Waals surface area contributed by atoms with Crippen LogP contribution in [0.1, 0.15) is 0 Å². The molecule has 0 fully saturated rings. The van der Waals surface area contributed by atoms with Gasteiger partial charge < -0.3 is 10.3 Å². The third-order valence-corrected chi connectivity index (χ3v) is 3.16. The fourth-order valence-electron chi connectivity index (χ4n) is 1.37. The summed E-state index contributed by atoms with van der Waals surface area (Å²) in [5.74, 6) is 0.806. The summed E-state index contributed by atoms with van der Waals surface area (Å²) >= 11 is 1.61. The van der Waals surface area contributed by atoms with Gasteiger partial charge in [0.05, 0.1) is 16.9 Å². The first kappa shape index (κ1) is 11.7. The van der Waals surface area contributed by atoms with E-state index in [0.717, 1.165) is 10.8 Å². The van der Waals surface area contributed by atoms with Crippen LogP contribution < -0.4 is 11.3 Å². The van der Waals surface area contributed by atoms with E-state index in [1.165, 1.54) is 0 Å². The van der Waals surface area contributed by atoms with Gasteiger partial charge in [0.1, 0.15) is 0 Å². The number of hydrogen-bond donors (Lipinski definition) is 1. The molecule has 0 aliphatic heterocycles. The van der Waals surface area contributed by atoms with Crippen LogP contribution in [-0.2, 0) is 6.54 Å². The summed E-state index contributed by atoms with van der Waals surface area (Å²) < 4.78 is 1.68. The molecule has 88 valence electrons. The maximum atomic E-state index is 11.4. The number of aryl methyl sites for hydroxylation is 1. The molecule has 5 heteroatoms. The molecule has 0 unspecified atom stereocenters. The van der Waals surface area contributed by atoms with E-state index in [1.807, 2.05) is 18.2 Å². The largest absolute Gasteiger partial charge is 0.397 e. The number of nitrogens with zero attached hydrogens (tertiary/aromatic N) is 2. The zero-order valence-corrected chi connectivity index (χ0v) is 10.1. The smallest absolute Gasteiger partial charge is 0.250 e. The van der Waals surface area contributed by atoms with Crippen LogP contribution in [0.5, 0.6) is 0 Å². The van der Waals surface area contributed by atoms with Gasteiger partial charge in [-0.2, -0.15) is 0 Å². The van der Waals surface area contributed by atoms with Crippen molar-refractivity contribution in [3.05, 3.63) is 53.1 Å². The average molecular weight is 247 g/mol. The lowest BCUT2D eigenvalue weighted by Gasteiger charge is -2.04. The molecule has 2 N–H and O–H groups in total. The molecule has 0 aromatic carbocycles. The van der Waals surface area contributed by atoms with Crippen molar-refractivity contribution in [2.45, 2.75) is 11.6 Å². The minimum absolute atomic E-state index is 0.0263. The molecule has 0 radical (unpaired) electrons. The van der Waals surface area contributed by atoms with Crippen molar-refractivity contribution >= 4 is 17.4 Å². The monoisotopic (exact) mass is 247 g/mol. The zero-order valence-electron chi connectivity index (χ0n) is 9.24. The van der Waals surface area contributed by atoms with E-state index in [1.54, 1.807) is 40.9 Å². The highest BCUT2D eigenvalue weighted by atomic mass is 32.2. The van der Waals surface area contributed by atoms with Gasteiger partial charge in [-0.25, -0.2) is 4.98 Å². The van der Waals surface area contributed by atoms with Crippen LogP contribution in [0.15, 0.2) is 52.5 Å². The Bertz CT molecular complexity index is 536. The lowest BCUT2D eigenvalue weighted by molar-refractivity contribution is 0.734. The van der Waals surface area contributed by atoms with Crippen molar-refractivity contribution in [3.8, 4) is 0 Å². The molecular weight excluding hydrogens is 234 g/mol. The van der Waals surface area contributed by atoms with Gasteiger partial charge in [0.2, 0.25) is 0 Å². The van der Waals surface area contributed by atoms with E-state index in [-0.39, 0.29) is 5.56 Å². The lowest BCUT2D eigenvalue weighted by Crippen LogP contribution is -2.18. The van der Waals surface area contributed by atoms with Crippen molar-refractivity contribution in [2.24, 2.45) is 0 Å².